The highest BCUT2D eigenvalue weighted by Gasteiger charge is 2.14. The molecule has 156 valence electrons. The van der Waals surface area contributed by atoms with Crippen molar-refractivity contribution in [3.63, 3.8) is 0 Å². The molecule has 0 radical (unpaired) electrons. The number of hydrogen-bond acceptors (Lipinski definition) is 6. The maximum Gasteiger partial charge on any atom is 0.269 e. The number of Topliss-reactive ketones (excluding diaryl/α,β-unsaturated/α-hetero) is 1. The second-order valence-corrected chi connectivity index (χ2v) is 7.75. The molecule has 1 aromatic carbocycles. The highest BCUT2D eigenvalue weighted by molar-refractivity contribution is 7.12. The Kier molecular flexibility index (Phi) is 8.67. The molecule has 0 atom stereocenters. The van der Waals surface area contributed by atoms with Gasteiger partial charge >= 0.3 is 0 Å². The van der Waals surface area contributed by atoms with Crippen LogP contribution in [0.25, 0.3) is 0 Å². The predicted molar refractivity (Wildman–Crippen MR) is 111 cm³/mol. The second kappa shape index (κ2) is 11.2. The van der Waals surface area contributed by atoms with Crippen LogP contribution >= 0.6 is 11.3 Å². The lowest BCUT2D eigenvalue weighted by atomic mass is 10.1. The summed E-state index contributed by atoms with van der Waals surface area (Å²) < 4.78 is 11.0. The zero-order valence-corrected chi connectivity index (χ0v) is 17.6. The molecule has 2 amide bonds. The van der Waals surface area contributed by atoms with Gasteiger partial charge in [0.25, 0.3) is 5.91 Å². The molecule has 0 saturated carbocycles. The molecule has 2 rings (SSSR count). The van der Waals surface area contributed by atoms with Crippen LogP contribution in [0.15, 0.2) is 35.7 Å². The molecule has 29 heavy (non-hydrogen) atoms. The van der Waals surface area contributed by atoms with E-state index in [0.717, 1.165) is 6.42 Å². The number of methoxy groups -OCH3 is 1. The summed E-state index contributed by atoms with van der Waals surface area (Å²) in [5.41, 5.74) is 4.98. The molecular weight excluding hydrogens is 392 g/mol. The first-order valence-corrected chi connectivity index (χ1v) is 10.3. The van der Waals surface area contributed by atoms with E-state index >= 15 is 0 Å². The molecular formula is C21H26N2O5S. The summed E-state index contributed by atoms with van der Waals surface area (Å²) >= 11 is 1.34. The molecule has 2 aromatic rings. The summed E-state index contributed by atoms with van der Waals surface area (Å²) in [6.45, 7) is 4.78. The van der Waals surface area contributed by atoms with Crippen molar-refractivity contribution in [2.24, 2.45) is 5.92 Å². The van der Waals surface area contributed by atoms with Crippen molar-refractivity contribution in [3.05, 3.63) is 46.2 Å². The van der Waals surface area contributed by atoms with E-state index in [2.05, 4.69) is 24.7 Å². The molecule has 2 N–H and O–H groups in total. The topological polar surface area (TPSA) is 93.7 Å². The van der Waals surface area contributed by atoms with Crippen molar-refractivity contribution in [1.29, 1.82) is 0 Å². The molecule has 0 saturated heterocycles. The number of benzene rings is 1. The van der Waals surface area contributed by atoms with Crippen molar-refractivity contribution in [2.45, 2.75) is 33.1 Å². The largest absolute Gasteiger partial charge is 0.493 e. The van der Waals surface area contributed by atoms with E-state index in [9.17, 15) is 14.4 Å². The van der Waals surface area contributed by atoms with Crippen LogP contribution < -0.4 is 20.3 Å². The molecule has 0 bridgehead atoms. The monoisotopic (exact) mass is 418 g/mol. The Morgan fingerprint density at radius 3 is 2.52 bits per heavy atom. The second-order valence-electron chi connectivity index (χ2n) is 6.80. The molecule has 0 fully saturated rings. The van der Waals surface area contributed by atoms with E-state index in [1.807, 2.05) is 5.38 Å². The van der Waals surface area contributed by atoms with Gasteiger partial charge in [-0.25, -0.2) is 0 Å². The van der Waals surface area contributed by atoms with Gasteiger partial charge in [0, 0.05) is 18.4 Å². The first-order chi connectivity index (χ1) is 13.9. The van der Waals surface area contributed by atoms with Gasteiger partial charge in [0.05, 0.1) is 18.6 Å². The third-order valence-corrected chi connectivity index (χ3v) is 4.98. The summed E-state index contributed by atoms with van der Waals surface area (Å²) in [5.74, 6) is 0.489. The predicted octanol–water partition coefficient (Wildman–Crippen LogP) is 3.61. The number of amides is 2. The van der Waals surface area contributed by atoms with Crippen LogP contribution in [0.2, 0.25) is 0 Å². The van der Waals surface area contributed by atoms with Gasteiger partial charge in [0.1, 0.15) is 0 Å². The summed E-state index contributed by atoms with van der Waals surface area (Å²) in [5, 5.41) is 1.81. The van der Waals surface area contributed by atoms with Gasteiger partial charge in [-0.1, -0.05) is 19.9 Å². The van der Waals surface area contributed by atoms with Crippen molar-refractivity contribution >= 4 is 28.9 Å². The number of ketones is 1. The number of ether oxygens (including phenoxy) is 2. The molecule has 0 spiro atoms. The van der Waals surface area contributed by atoms with Gasteiger partial charge in [-0.2, -0.15) is 0 Å². The Morgan fingerprint density at radius 1 is 1.07 bits per heavy atom. The van der Waals surface area contributed by atoms with Crippen LogP contribution in [-0.4, -0.2) is 31.3 Å². The number of carbonyl (C=O) groups excluding carboxylic acids is 3. The third kappa shape index (κ3) is 7.23. The van der Waals surface area contributed by atoms with Gasteiger partial charge in [-0.05, 0) is 42.0 Å². The zero-order valence-electron chi connectivity index (χ0n) is 16.8. The van der Waals surface area contributed by atoms with Crippen LogP contribution in [0.4, 0.5) is 0 Å². The highest BCUT2D eigenvalue weighted by Crippen LogP contribution is 2.28. The molecule has 8 heteroatoms. The Hall–Kier alpha value is -2.87. The lowest BCUT2D eigenvalue weighted by Gasteiger charge is -2.13. The maximum atomic E-state index is 12.3. The van der Waals surface area contributed by atoms with Crippen LogP contribution in [0, 0.1) is 5.92 Å². The number of hydrogen-bond donors (Lipinski definition) is 2. The number of nitrogens with one attached hydrogen (secondary N) is 2. The number of thiophene rings is 1. The number of carbonyl (C=O) groups is 3. The summed E-state index contributed by atoms with van der Waals surface area (Å²) in [6, 6.07) is 8.31. The minimum Gasteiger partial charge on any atom is -0.493 e. The highest BCUT2D eigenvalue weighted by atomic mass is 32.1. The van der Waals surface area contributed by atoms with E-state index in [0.29, 0.717) is 34.5 Å². The molecule has 0 aliphatic heterocycles. The van der Waals surface area contributed by atoms with Gasteiger partial charge in [0.15, 0.2) is 17.3 Å². The molecule has 0 aliphatic carbocycles. The SMILES string of the molecule is COc1cc(C(=O)NNC(=O)CCC(=O)c2cccs2)ccc1OCCC(C)C. The molecule has 0 aliphatic rings. The fourth-order valence-corrected chi connectivity index (χ4v) is 3.08. The minimum atomic E-state index is -0.491. The molecule has 1 aromatic heterocycles. The van der Waals surface area contributed by atoms with E-state index in [-0.39, 0.29) is 18.6 Å². The van der Waals surface area contributed by atoms with Gasteiger partial charge in [-0.15, -0.1) is 11.3 Å². The fourth-order valence-electron chi connectivity index (χ4n) is 2.38. The summed E-state index contributed by atoms with van der Waals surface area (Å²) in [7, 11) is 1.50. The number of hydrazine groups is 1. The number of rotatable bonds is 10. The lowest BCUT2D eigenvalue weighted by Crippen LogP contribution is -2.41. The average molecular weight is 419 g/mol. The van der Waals surface area contributed by atoms with Crippen LogP contribution in [0.5, 0.6) is 11.5 Å². The van der Waals surface area contributed by atoms with E-state index in [1.165, 1.54) is 18.4 Å². The fraction of sp³-hybridized carbons (Fsp3) is 0.381. The van der Waals surface area contributed by atoms with Gasteiger partial charge in [0.2, 0.25) is 5.91 Å². The lowest BCUT2D eigenvalue weighted by molar-refractivity contribution is -0.121. The zero-order chi connectivity index (χ0) is 21.2. The average Bonchev–Trinajstić information content (AvgIpc) is 3.25. The Bertz CT molecular complexity index is 834. The van der Waals surface area contributed by atoms with Crippen molar-refractivity contribution in [3.8, 4) is 11.5 Å². The van der Waals surface area contributed by atoms with Crippen molar-refractivity contribution in [1.82, 2.24) is 10.9 Å². The minimum absolute atomic E-state index is 0.0109. The first-order valence-electron chi connectivity index (χ1n) is 9.37. The van der Waals surface area contributed by atoms with E-state index in [1.54, 1.807) is 30.3 Å². The van der Waals surface area contributed by atoms with Crippen LogP contribution in [0.1, 0.15) is 53.1 Å². The maximum absolute atomic E-state index is 12.3. The normalized spacial score (nSPS) is 10.5. The standard InChI is InChI=1S/C21H26N2O5S/c1-14(2)10-11-28-17-8-6-15(13-18(17)27-3)21(26)23-22-20(25)9-7-16(24)19-5-4-12-29-19/h4-6,8,12-14H,7,9-11H2,1-3H3,(H,22,25)(H,23,26). The quantitative estimate of drug-likeness (QED) is 0.454. The Labute approximate surface area is 174 Å². The van der Waals surface area contributed by atoms with Crippen LogP contribution in [-0.2, 0) is 4.79 Å². The Morgan fingerprint density at radius 2 is 1.86 bits per heavy atom. The first kappa shape index (κ1) is 22.4. The van der Waals surface area contributed by atoms with Crippen molar-refractivity contribution < 1.29 is 23.9 Å². The third-order valence-electron chi connectivity index (χ3n) is 4.07. The summed E-state index contributed by atoms with van der Waals surface area (Å²) in [4.78, 5) is 36.7. The van der Waals surface area contributed by atoms with Crippen LogP contribution in [0.3, 0.4) is 0 Å². The van der Waals surface area contributed by atoms with Gasteiger partial charge in [-0.3, -0.25) is 25.2 Å². The Balaban J connectivity index is 1.83. The molecule has 7 nitrogen and oxygen atoms in total. The molecule has 0 unspecified atom stereocenters. The van der Waals surface area contributed by atoms with E-state index < -0.39 is 11.8 Å². The van der Waals surface area contributed by atoms with E-state index in [4.69, 9.17) is 9.47 Å². The smallest absolute Gasteiger partial charge is 0.269 e. The summed E-state index contributed by atoms with van der Waals surface area (Å²) in [6.07, 6.45) is 0.980. The van der Waals surface area contributed by atoms with Gasteiger partial charge < -0.3 is 9.47 Å². The molecule has 1 heterocycles. The van der Waals surface area contributed by atoms with Crippen molar-refractivity contribution in [2.75, 3.05) is 13.7 Å².